The molecule has 3 N–H and O–H groups in total. The van der Waals surface area contributed by atoms with E-state index in [2.05, 4.69) is 5.32 Å². The molecule has 0 aliphatic carbocycles. The van der Waals surface area contributed by atoms with Crippen molar-refractivity contribution >= 4 is 11.6 Å². The normalized spacial score (nSPS) is 23.3. The van der Waals surface area contributed by atoms with E-state index in [0.717, 1.165) is 0 Å². The van der Waals surface area contributed by atoms with E-state index in [1.54, 1.807) is 4.90 Å². The number of nitrogens with two attached hydrogens (primary N) is 1. The van der Waals surface area contributed by atoms with Crippen LogP contribution < -0.4 is 16.0 Å². The van der Waals surface area contributed by atoms with E-state index in [1.807, 2.05) is 0 Å². The van der Waals surface area contributed by atoms with Crippen molar-refractivity contribution in [2.45, 2.75) is 25.3 Å². The fraction of sp³-hybridized carbons (Fsp3) is 0.588. The molecular weight excluding hydrogens is 316 g/mol. The first-order valence-corrected chi connectivity index (χ1v) is 8.33. The summed E-state index contributed by atoms with van der Waals surface area (Å²) >= 11 is 0. The first kappa shape index (κ1) is 17.1. The lowest BCUT2D eigenvalue weighted by molar-refractivity contribution is -0.136. The highest BCUT2D eigenvalue weighted by molar-refractivity contribution is 5.83. The smallest absolute Gasteiger partial charge is 0.227 e. The van der Waals surface area contributed by atoms with Crippen molar-refractivity contribution in [3.8, 4) is 0 Å². The monoisotopic (exact) mass is 339 g/mol. The minimum Gasteiger partial charge on any atom is -0.381 e. The minimum atomic E-state index is -0.588. The Labute approximate surface area is 140 Å². The third kappa shape index (κ3) is 3.23. The number of carbonyl (C=O) groups is 1. The van der Waals surface area contributed by atoms with Gasteiger partial charge in [-0.3, -0.25) is 4.79 Å². The van der Waals surface area contributed by atoms with Gasteiger partial charge in [0.25, 0.3) is 0 Å². The molecule has 7 heteroatoms. The van der Waals surface area contributed by atoms with Gasteiger partial charge in [0.15, 0.2) is 0 Å². The highest BCUT2D eigenvalue weighted by atomic mass is 19.1. The van der Waals surface area contributed by atoms with Crippen LogP contribution in [0.15, 0.2) is 18.2 Å². The largest absolute Gasteiger partial charge is 0.381 e. The van der Waals surface area contributed by atoms with Gasteiger partial charge in [-0.25, -0.2) is 8.78 Å². The lowest BCUT2D eigenvalue weighted by atomic mass is 9.79. The van der Waals surface area contributed by atoms with Gasteiger partial charge in [0.2, 0.25) is 5.91 Å². The predicted octanol–water partition coefficient (Wildman–Crippen LogP) is 1.42. The second-order valence-corrected chi connectivity index (χ2v) is 6.57. The van der Waals surface area contributed by atoms with E-state index in [4.69, 9.17) is 10.5 Å². The second-order valence-electron chi connectivity index (χ2n) is 6.57. The maximum absolute atomic E-state index is 13.9. The number of carbonyl (C=O) groups excluding carboxylic acids is 1. The lowest BCUT2D eigenvalue weighted by Gasteiger charge is -2.35. The van der Waals surface area contributed by atoms with E-state index in [1.165, 1.54) is 18.2 Å². The Morgan fingerprint density at radius 1 is 1.33 bits per heavy atom. The van der Waals surface area contributed by atoms with Crippen LogP contribution in [-0.4, -0.2) is 44.8 Å². The molecule has 2 heterocycles. The third-order valence-corrected chi connectivity index (χ3v) is 5.10. The van der Waals surface area contributed by atoms with Crippen molar-refractivity contribution in [1.29, 1.82) is 0 Å². The molecule has 24 heavy (non-hydrogen) atoms. The molecule has 0 aromatic heterocycles. The maximum Gasteiger partial charge on any atom is 0.227 e. The highest BCUT2D eigenvalue weighted by Gasteiger charge is 2.40. The average Bonchev–Trinajstić information content (AvgIpc) is 3.03. The molecule has 2 saturated heterocycles. The fourth-order valence-electron chi connectivity index (χ4n) is 3.50. The number of halogens is 2. The first-order valence-electron chi connectivity index (χ1n) is 8.33. The van der Waals surface area contributed by atoms with Crippen LogP contribution in [0.25, 0.3) is 0 Å². The number of hydrogen-bond donors (Lipinski definition) is 2. The summed E-state index contributed by atoms with van der Waals surface area (Å²) < 4.78 is 33.1. The Morgan fingerprint density at radius 2 is 2.00 bits per heavy atom. The summed E-state index contributed by atoms with van der Waals surface area (Å²) in [7, 11) is 0. The molecule has 3 rings (SSSR count). The van der Waals surface area contributed by atoms with Gasteiger partial charge in [-0.05, 0) is 31.4 Å². The molecule has 2 fully saturated rings. The number of nitrogens with one attached hydrogen (secondary N) is 1. The van der Waals surface area contributed by atoms with Crippen molar-refractivity contribution in [3.05, 3.63) is 29.8 Å². The molecule has 1 atom stereocenters. The van der Waals surface area contributed by atoms with E-state index >= 15 is 0 Å². The number of amides is 1. The molecular formula is C17H23F2N3O2. The summed E-state index contributed by atoms with van der Waals surface area (Å²) in [6, 6.07) is 3.70. The Morgan fingerprint density at radius 3 is 2.62 bits per heavy atom. The van der Waals surface area contributed by atoms with Gasteiger partial charge in [-0.15, -0.1) is 0 Å². The van der Waals surface area contributed by atoms with Gasteiger partial charge in [0, 0.05) is 38.9 Å². The van der Waals surface area contributed by atoms with Crippen LogP contribution in [0, 0.1) is 17.0 Å². The Bertz CT molecular complexity index is 585. The highest BCUT2D eigenvalue weighted by Crippen LogP contribution is 2.31. The second kappa shape index (κ2) is 7.03. The Balaban J connectivity index is 1.65. The molecule has 1 aromatic rings. The molecule has 0 bridgehead atoms. The zero-order chi connectivity index (χ0) is 17.2. The predicted molar refractivity (Wildman–Crippen MR) is 86.7 cm³/mol. The molecule has 0 radical (unpaired) electrons. The summed E-state index contributed by atoms with van der Waals surface area (Å²) in [5.41, 5.74) is 5.24. The minimum absolute atomic E-state index is 0.0196. The van der Waals surface area contributed by atoms with Crippen molar-refractivity contribution < 1.29 is 18.3 Å². The molecule has 5 nitrogen and oxygen atoms in total. The molecule has 2 aliphatic heterocycles. The van der Waals surface area contributed by atoms with Crippen LogP contribution in [0.2, 0.25) is 0 Å². The molecule has 0 spiro atoms. The maximum atomic E-state index is 13.9. The van der Waals surface area contributed by atoms with E-state index in [9.17, 15) is 13.6 Å². The van der Waals surface area contributed by atoms with Crippen LogP contribution in [-0.2, 0) is 9.53 Å². The number of hydrogen-bond acceptors (Lipinski definition) is 4. The topological polar surface area (TPSA) is 67.6 Å². The fourth-order valence-corrected chi connectivity index (χ4v) is 3.50. The van der Waals surface area contributed by atoms with Gasteiger partial charge < -0.3 is 20.7 Å². The van der Waals surface area contributed by atoms with E-state index in [-0.39, 0.29) is 24.2 Å². The summed E-state index contributed by atoms with van der Waals surface area (Å²) in [5.74, 6) is -1.23. The van der Waals surface area contributed by atoms with Gasteiger partial charge in [-0.1, -0.05) is 6.07 Å². The Kier molecular flexibility index (Phi) is 5.01. The van der Waals surface area contributed by atoms with Crippen LogP contribution in [0.3, 0.4) is 0 Å². The number of anilines is 1. The van der Waals surface area contributed by atoms with E-state index < -0.39 is 17.0 Å². The van der Waals surface area contributed by atoms with Gasteiger partial charge >= 0.3 is 0 Å². The molecule has 1 amide bonds. The van der Waals surface area contributed by atoms with Gasteiger partial charge in [0.1, 0.15) is 17.3 Å². The first-order chi connectivity index (χ1) is 11.6. The molecule has 2 aliphatic rings. The lowest BCUT2D eigenvalue weighted by Crippen LogP contribution is -2.52. The van der Waals surface area contributed by atoms with Crippen molar-refractivity contribution in [2.75, 3.05) is 37.7 Å². The van der Waals surface area contributed by atoms with Crippen LogP contribution in [0.1, 0.15) is 19.3 Å². The summed E-state index contributed by atoms with van der Waals surface area (Å²) in [6.45, 7) is 2.23. The molecule has 132 valence electrons. The van der Waals surface area contributed by atoms with Crippen molar-refractivity contribution in [1.82, 2.24) is 5.32 Å². The third-order valence-electron chi connectivity index (χ3n) is 5.10. The Hall–Kier alpha value is -1.73. The zero-order valence-corrected chi connectivity index (χ0v) is 13.6. The number of nitrogens with zero attached hydrogens (tertiary/aromatic N) is 1. The summed E-state index contributed by atoms with van der Waals surface area (Å²) in [5, 5.41) is 3.02. The van der Waals surface area contributed by atoms with Crippen LogP contribution >= 0.6 is 0 Å². The van der Waals surface area contributed by atoms with Gasteiger partial charge in [0.05, 0.1) is 5.41 Å². The average molecular weight is 339 g/mol. The summed E-state index contributed by atoms with van der Waals surface area (Å²) in [4.78, 5) is 14.3. The molecule has 1 aromatic carbocycles. The number of benzene rings is 1. The standard InChI is InChI=1S/C17H23F2N3O2/c18-13-2-1-3-14(19)15(13)22-7-4-12(10-22)21-16(23)17(11-20)5-8-24-9-6-17/h1-3,12H,4-11,20H2,(H,21,23). The number of ether oxygens (including phenoxy) is 1. The van der Waals surface area contributed by atoms with E-state index in [0.29, 0.717) is 45.6 Å². The molecule has 1 unspecified atom stereocenters. The number of para-hydroxylation sites is 1. The summed E-state index contributed by atoms with van der Waals surface area (Å²) in [6.07, 6.45) is 1.86. The van der Waals surface area contributed by atoms with Crippen LogP contribution in [0.4, 0.5) is 14.5 Å². The van der Waals surface area contributed by atoms with Gasteiger partial charge in [-0.2, -0.15) is 0 Å². The van der Waals surface area contributed by atoms with Crippen LogP contribution in [0.5, 0.6) is 0 Å². The van der Waals surface area contributed by atoms with Crippen molar-refractivity contribution in [2.24, 2.45) is 11.1 Å². The quantitative estimate of drug-likeness (QED) is 0.871. The zero-order valence-electron chi connectivity index (χ0n) is 13.6. The molecule has 0 saturated carbocycles. The van der Waals surface area contributed by atoms with Crippen molar-refractivity contribution in [3.63, 3.8) is 0 Å². The number of rotatable bonds is 4. The SMILES string of the molecule is NCC1(C(=O)NC2CCN(c3c(F)cccc3F)C2)CCOCC1.